The van der Waals surface area contributed by atoms with E-state index in [4.69, 9.17) is 4.42 Å². The molecule has 1 saturated heterocycles. The minimum absolute atomic E-state index is 0.122. The average molecular weight is 312 g/mol. The number of halogens is 1. The maximum absolute atomic E-state index is 13.2. The molecule has 1 N–H and O–H groups in total. The van der Waals surface area contributed by atoms with Crippen molar-refractivity contribution in [3.05, 3.63) is 66.3 Å². The Morgan fingerprint density at radius 2 is 2.09 bits per heavy atom. The Labute approximate surface area is 131 Å². The molecule has 5 nitrogen and oxygen atoms in total. The van der Waals surface area contributed by atoms with E-state index in [1.807, 2.05) is 0 Å². The first-order chi connectivity index (χ1) is 11.1. The van der Waals surface area contributed by atoms with Gasteiger partial charge in [-0.15, -0.1) is 6.58 Å². The van der Waals surface area contributed by atoms with E-state index < -0.39 is 11.9 Å². The molecule has 0 unspecified atom stereocenters. The molecule has 0 aliphatic carbocycles. The van der Waals surface area contributed by atoms with E-state index in [1.165, 1.54) is 24.3 Å². The number of carbonyl (C=O) groups excluding carboxylic acids is 2. The molecule has 2 aromatic rings. The van der Waals surface area contributed by atoms with Gasteiger partial charge >= 0.3 is 6.03 Å². The van der Waals surface area contributed by atoms with Gasteiger partial charge in [0.2, 0.25) is 0 Å². The molecule has 0 spiro atoms. The van der Waals surface area contributed by atoms with Gasteiger partial charge in [-0.3, -0.25) is 9.69 Å². The summed E-state index contributed by atoms with van der Waals surface area (Å²) in [6.45, 7) is 3.64. The highest BCUT2D eigenvalue weighted by Crippen LogP contribution is 2.24. The molecule has 3 rings (SSSR count). The van der Waals surface area contributed by atoms with E-state index in [0.29, 0.717) is 17.1 Å². The van der Waals surface area contributed by atoms with Gasteiger partial charge in [0.1, 0.15) is 23.0 Å². The number of nitrogens with one attached hydrogen (secondary N) is 1. The molecule has 1 aromatic carbocycles. The predicted octanol–water partition coefficient (Wildman–Crippen LogP) is 3.16. The van der Waals surface area contributed by atoms with Crippen LogP contribution in [0.1, 0.15) is 5.76 Å². The molecule has 2 heterocycles. The first-order valence-electron chi connectivity index (χ1n) is 6.89. The highest BCUT2D eigenvalue weighted by Gasteiger charge is 2.32. The number of hydrogen-bond donors (Lipinski definition) is 1. The van der Waals surface area contributed by atoms with Crippen molar-refractivity contribution in [1.82, 2.24) is 10.2 Å². The van der Waals surface area contributed by atoms with Crippen LogP contribution in [0.15, 0.2) is 59.2 Å². The number of rotatable bonds is 4. The van der Waals surface area contributed by atoms with Gasteiger partial charge in [0.15, 0.2) is 0 Å². The molecule has 0 atom stereocenters. The molecule has 1 aliphatic rings. The lowest BCUT2D eigenvalue weighted by Gasteiger charge is -2.06. The Bertz CT molecular complexity index is 823. The van der Waals surface area contributed by atoms with Crippen LogP contribution in [0.5, 0.6) is 0 Å². The van der Waals surface area contributed by atoms with Crippen molar-refractivity contribution >= 4 is 18.0 Å². The maximum Gasteiger partial charge on any atom is 0.329 e. The number of benzene rings is 1. The topological polar surface area (TPSA) is 62.6 Å². The summed E-state index contributed by atoms with van der Waals surface area (Å²) in [5.41, 5.74) is 0.710. The average Bonchev–Trinajstić information content (AvgIpc) is 3.09. The van der Waals surface area contributed by atoms with Gasteiger partial charge in [0.25, 0.3) is 5.91 Å². The van der Waals surface area contributed by atoms with Crippen molar-refractivity contribution in [3.8, 4) is 11.3 Å². The summed E-state index contributed by atoms with van der Waals surface area (Å²) >= 11 is 0. The van der Waals surface area contributed by atoms with E-state index >= 15 is 0 Å². The van der Waals surface area contributed by atoms with Crippen LogP contribution in [0.2, 0.25) is 0 Å². The molecule has 6 heteroatoms. The van der Waals surface area contributed by atoms with Crippen LogP contribution in [-0.2, 0) is 4.79 Å². The van der Waals surface area contributed by atoms with Crippen molar-refractivity contribution in [3.63, 3.8) is 0 Å². The first kappa shape index (κ1) is 14.8. The lowest BCUT2D eigenvalue weighted by molar-refractivity contribution is -0.122. The summed E-state index contributed by atoms with van der Waals surface area (Å²) in [5, 5.41) is 2.48. The zero-order chi connectivity index (χ0) is 16.4. The minimum atomic E-state index is -0.502. The van der Waals surface area contributed by atoms with Gasteiger partial charge in [0.05, 0.1) is 0 Å². The molecule has 0 saturated carbocycles. The van der Waals surface area contributed by atoms with E-state index in [2.05, 4.69) is 11.9 Å². The van der Waals surface area contributed by atoms with E-state index in [0.717, 1.165) is 4.90 Å². The second-order valence-electron chi connectivity index (χ2n) is 4.90. The number of nitrogens with zero attached hydrogens (tertiary/aromatic N) is 1. The third kappa shape index (κ3) is 2.91. The van der Waals surface area contributed by atoms with Crippen LogP contribution in [0.4, 0.5) is 9.18 Å². The molecular formula is C17H13FN2O3. The number of carbonyl (C=O) groups is 2. The van der Waals surface area contributed by atoms with Crippen LogP contribution in [-0.4, -0.2) is 23.4 Å². The highest BCUT2D eigenvalue weighted by atomic mass is 19.1. The Hall–Kier alpha value is -3.15. The SMILES string of the molecule is C=CCN1C(=O)NC(=Cc2ccc(-c3cccc(F)c3)o2)C1=O. The lowest BCUT2D eigenvalue weighted by atomic mass is 10.2. The Morgan fingerprint density at radius 3 is 2.83 bits per heavy atom. The first-order valence-corrected chi connectivity index (χ1v) is 6.89. The molecule has 116 valence electrons. The van der Waals surface area contributed by atoms with Gasteiger partial charge < -0.3 is 9.73 Å². The fourth-order valence-corrected chi connectivity index (χ4v) is 2.24. The van der Waals surface area contributed by atoms with Gasteiger partial charge in [-0.25, -0.2) is 9.18 Å². The van der Waals surface area contributed by atoms with Crippen LogP contribution in [0, 0.1) is 5.82 Å². The minimum Gasteiger partial charge on any atom is -0.457 e. The molecule has 1 aromatic heterocycles. The van der Waals surface area contributed by atoms with E-state index in [1.54, 1.807) is 24.3 Å². The summed E-state index contributed by atoms with van der Waals surface area (Å²) in [4.78, 5) is 24.8. The largest absolute Gasteiger partial charge is 0.457 e. The third-order valence-electron chi connectivity index (χ3n) is 3.30. The second-order valence-corrected chi connectivity index (χ2v) is 4.90. The zero-order valence-electron chi connectivity index (χ0n) is 12.1. The molecule has 1 fully saturated rings. The standard InChI is InChI=1S/C17H13FN2O3/c1-2-8-20-16(21)14(19-17(20)22)10-13-6-7-15(23-13)11-4-3-5-12(18)9-11/h2-7,9-10H,1,8H2,(H,19,22). The van der Waals surface area contributed by atoms with Crippen LogP contribution >= 0.6 is 0 Å². The van der Waals surface area contributed by atoms with Crippen molar-refractivity contribution in [2.75, 3.05) is 6.54 Å². The van der Waals surface area contributed by atoms with Gasteiger partial charge in [-0.1, -0.05) is 18.2 Å². The quantitative estimate of drug-likeness (QED) is 0.536. The Balaban J connectivity index is 1.85. The van der Waals surface area contributed by atoms with Gasteiger partial charge in [0, 0.05) is 18.2 Å². The highest BCUT2D eigenvalue weighted by molar-refractivity contribution is 6.13. The molecular weight excluding hydrogens is 299 g/mol. The smallest absolute Gasteiger partial charge is 0.329 e. The molecule has 0 radical (unpaired) electrons. The van der Waals surface area contributed by atoms with Crippen molar-refractivity contribution in [1.29, 1.82) is 0 Å². The Kier molecular flexibility index (Phi) is 3.80. The fraction of sp³-hybridized carbons (Fsp3) is 0.0588. The second kappa shape index (κ2) is 5.92. The number of amides is 3. The molecule has 23 heavy (non-hydrogen) atoms. The van der Waals surface area contributed by atoms with Crippen LogP contribution in [0.3, 0.4) is 0 Å². The summed E-state index contributed by atoms with van der Waals surface area (Å²) in [6, 6.07) is 8.80. The summed E-state index contributed by atoms with van der Waals surface area (Å²) in [7, 11) is 0. The van der Waals surface area contributed by atoms with Crippen molar-refractivity contribution in [2.24, 2.45) is 0 Å². The molecule has 3 amide bonds. The van der Waals surface area contributed by atoms with E-state index in [-0.39, 0.29) is 18.1 Å². The predicted molar refractivity (Wildman–Crippen MR) is 82.5 cm³/mol. The molecule has 0 bridgehead atoms. The Morgan fingerprint density at radius 1 is 1.26 bits per heavy atom. The van der Waals surface area contributed by atoms with Crippen molar-refractivity contribution < 1.29 is 18.4 Å². The van der Waals surface area contributed by atoms with Crippen molar-refractivity contribution in [2.45, 2.75) is 0 Å². The van der Waals surface area contributed by atoms with Crippen LogP contribution < -0.4 is 5.32 Å². The zero-order valence-corrected chi connectivity index (χ0v) is 12.1. The van der Waals surface area contributed by atoms with Gasteiger partial charge in [-0.2, -0.15) is 0 Å². The summed E-state index contributed by atoms with van der Waals surface area (Å²) < 4.78 is 18.8. The maximum atomic E-state index is 13.2. The molecule has 1 aliphatic heterocycles. The van der Waals surface area contributed by atoms with Crippen LogP contribution in [0.25, 0.3) is 17.4 Å². The van der Waals surface area contributed by atoms with E-state index in [9.17, 15) is 14.0 Å². The lowest BCUT2D eigenvalue weighted by Crippen LogP contribution is -2.30. The fourth-order valence-electron chi connectivity index (χ4n) is 2.24. The number of furan rings is 1. The van der Waals surface area contributed by atoms with Gasteiger partial charge in [-0.05, 0) is 24.3 Å². The monoisotopic (exact) mass is 312 g/mol. The summed E-state index contributed by atoms with van der Waals surface area (Å²) in [5.74, 6) is 0.0418. The normalized spacial score (nSPS) is 16.0. The number of imide groups is 1. The number of hydrogen-bond acceptors (Lipinski definition) is 3. The third-order valence-corrected chi connectivity index (χ3v) is 3.30. The summed E-state index contributed by atoms with van der Waals surface area (Å²) in [6.07, 6.45) is 2.90. The number of urea groups is 1.